The number of carbonyl (C=O) groups excluding carboxylic acids is 2. The van der Waals surface area contributed by atoms with Gasteiger partial charge in [0.15, 0.2) is 0 Å². The third-order valence-corrected chi connectivity index (χ3v) is 6.61. The Balaban J connectivity index is 1.60. The molecule has 2 heterocycles. The summed E-state index contributed by atoms with van der Waals surface area (Å²) in [4.78, 5) is 39.7. The summed E-state index contributed by atoms with van der Waals surface area (Å²) in [6, 6.07) is 3.08. The lowest BCUT2D eigenvalue weighted by Gasteiger charge is -2.40. The summed E-state index contributed by atoms with van der Waals surface area (Å²) in [6.45, 7) is 9.24. The second-order valence-corrected chi connectivity index (χ2v) is 10.5. The van der Waals surface area contributed by atoms with Crippen LogP contribution in [0.1, 0.15) is 58.9 Å². The van der Waals surface area contributed by atoms with Crippen LogP contribution in [0.2, 0.25) is 0 Å². The van der Waals surface area contributed by atoms with E-state index in [0.29, 0.717) is 23.6 Å². The SMILES string of the molecule is CNc1ncc(C(C)[C@H]2C[C@@H](NC(=O)[C@H](C)N(C)C(=O)OC(C)(C)C)C2)c(Nc2ccc(OC)nc2)n1. The van der Waals surface area contributed by atoms with Crippen molar-refractivity contribution in [3.63, 3.8) is 0 Å². The average molecular weight is 514 g/mol. The van der Waals surface area contributed by atoms with Crippen LogP contribution in [-0.4, -0.2) is 70.7 Å². The number of hydrogen-bond donors (Lipinski definition) is 3. The van der Waals surface area contributed by atoms with Gasteiger partial charge in [0.2, 0.25) is 17.7 Å². The molecule has 0 bridgehead atoms. The first kappa shape index (κ1) is 27.9. The molecule has 1 fully saturated rings. The largest absolute Gasteiger partial charge is 0.481 e. The Morgan fingerprint density at radius 3 is 2.41 bits per heavy atom. The van der Waals surface area contributed by atoms with Gasteiger partial charge in [-0.05, 0) is 58.4 Å². The summed E-state index contributed by atoms with van der Waals surface area (Å²) < 4.78 is 10.5. The van der Waals surface area contributed by atoms with Gasteiger partial charge in [-0.2, -0.15) is 4.98 Å². The molecule has 2 amide bonds. The van der Waals surface area contributed by atoms with Crippen LogP contribution in [0.15, 0.2) is 24.5 Å². The minimum Gasteiger partial charge on any atom is -0.481 e. The highest BCUT2D eigenvalue weighted by Gasteiger charge is 2.37. The molecule has 2 aromatic heterocycles. The van der Waals surface area contributed by atoms with Crippen LogP contribution in [0, 0.1) is 5.92 Å². The number of amides is 2. The molecule has 11 heteroatoms. The van der Waals surface area contributed by atoms with Crippen molar-refractivity contribution < 1.29 is 19.1 Å². The molecule has 1 unspecified atom stereocenters. The van der Waals surface area contributed by atoms with E-state index in [1.165, 1.54) is 4.90 Å². The summed E-state index contributed by atoms with van der Waals surface area (Å²) in [7, 11) is 4.93. The van der Waals surface area contributed by atoms with E-state index in [1.54, 1.807) is 61.2 Å². The molecular formula is C26H39N7O4. The van der Waals surface area contributed by atoms with Crippen LogP contribution in [0.3, 0.4) is 0 Å². The average Bonchev–Trinajstić information content (AvgIpc) is 2.83. The molecule has 2 atom stereocenters. The van der Waals surface area contributed by atoms with E-state index in [4.69, 9.17) is 9.47 Å². The number of likely N-dealkylation sites (N-methyl/N-ethyl adjacent to an activating group) is 1. The number of pyridine rings is 1. The third-order valence-electron chi connectivity index (χ3n) is 6.61. The van der Waals surface area contributed by atoms with Gasteiger partial charge in [0.25, 0.3) is 0 Å². The van der Waals surface area contributed by atoms with E-state index >= 15 is 0 Å². The fourth-order valence-corrected chi connectivity index (χ4v) is 4.09. The molecule has 202 valence electrons. The first-order valence-corrected chi connectivity index (χ1v) is 12.5. The quantitative estimate of drug-likeness (QED) is 0.457. The maximum Gasteiger partial charge on any atom is 0.410 e. The Labute approximate surface area is 218 Å². The zero-order valence-electron chi connectivity index (χ0n) is 23.0. The summed E-state index contributed by atoms with van der Waals surface area (Å²) in [5.74, 6) is 2.07. The lowest BCUT2D eigenvalue weighted by molar-refractivity contribution is -0.127. The smallest absolute Gasteiger partial charge is 0.410 e. The second kappa shape index (κ2) is 11.6. The molecule has 37 heavy (non-hydrogen) atoms. The summed E-state index contributed by atoms with van der Waals surface area (Å²) in [5, 5.41) is 9.40. The van der Waals surface area contributed by atoms with Crippen LogP contribution in [0.5, 0.6) is 5.88 Å². The summed E-state index contributed by atoms with van der Waals surface area (Å²) in [6.07, 6.45) is 4.67. The summed E-state index contributed by atoms with van der Waals surface area (Å²) >= 11 is 0. The first-order valence-electron chi connectivity index (χ1n) is 12.5. The monoisotopic (exact) mass is 513 g/mol. The number of ether oxygens (including phenoxy) is 2. The maximum absolute atomic E-state index is 12.8. The minimum atomic E-state index is -0.636. The number of aromatic nitrogens is 3. The van der Waals surface area contributed by atoms with E-state index in [9.17, 15) is 9.59 Å². The predicted octanol–water partition coefficient (Wildman–Crippen LogP) is 3.92. The number of anilines is 3. The van der Waals surface area contributed by atoms with Crippen molar-refractivity contribution in [2.24, 2.45) is 5.92 Å². The topological polar surface area (TPSA) is 131 Å². The van der Waals surface area contributed by atoms with E-state index in [0.717, 1.165) is 24.1 Å². The lowest BCUT2D eigenvalue weighted by Crippen LogP contribution is -2.53. The standard InChI is InChI=1S/C26H39N7O4/c1-15(17-11-19(12-17)31-23(34)16(2)33(7)25(35)37-26(3,4)5)20-14-29-24(27-6)32-22(20)30-18-9-10-21(36-8)28-13-18/h9-10,13-17,19H,11-12H2,1-8H3,(H,31,34)(H2,27,29,30,32)/t15?,16-,17-,19+/m0/s1. The third kappa shape index (κ3) is 7.21. The molecule has 3 N–H and O–H groups in total. The van der Waals surface area contributed by atoms with Crippen LogP contribution in [-0.2, 0) is 9.53 Å². The van der Waals surface area contributed by atoms with E-state index in [1.807, 2.05) is 12.3 Å². The van der Waals surface area contributed by atoms with Crippen molar-refractivity contribution in [1.82, 2.24) is 25.2 Å². The molecule has 3 rings (SSSR count). The fourth-order valence-electron chi connectivity index (χ4n) is 4.09. The van der Waals surface area contributed by atoms with Gasteiger partial charge in [0.05, 0.1) is 19.0 Å². The Morgan fingerprint density at radius 2 is 1.84 bits per heavy atom. The molecule has 11 nitrogen and oxygen atoms in total. The fraction of sp³-hybridized carbons (Fsp3) is 0.577. The zero-order valence-corrected chi connectivity index (χ0v) is 23.0. The number of nitrogens with one attached hydrogen (secondary N) is 3. The van der Waals surface area contributed by atoms with E-state index in [2.05, 4.69) is 37.8 Å². The molecule has 1 aliphatic carbocycles. The molecule has 1 saturated carbocycles. The van der Waals surface area contributed by atoms with Crippen molar-refractivity contribution in [2.75, 3.05) is 31.8 Å². The Kier molecular flexibility index (Phi) is 8.77. The second-order valence-electron chi connectivity index (χ2n) is 10.5. The highest BCUT2D eigenvalue weighted by molar-refractivity contribution is 5.85. The minimum absolute atomic E-state index is 0.0501. The lowest BCUT2D eigenvalue weighted by atomic mass is 9.71. The van der Waals surface area contributed by atoms with Crippen molar-refractivity contribution in [1.29, 1.82) is 0 Å². The highest BCUT2D eigenvalue weighted by Crippen LogP contribution is 2.41. The predicted molar refractivity (Wildman–Crippen MR) is 142 cm³/mol. The molecule has 0 aromatic carbocycles. The van der Waals surface area contributed by atoms with Crippen LogP contribution >= 0.6 is 0 Å². The molecule has 0 radical (unpaired) electrons. The number of methoxy groups -OCH3 is 1. The van der Waals surface area contributed by atoms with Gasteiger partial charge < -0.3 is 25.4 Å². The number of rotatable bonds is 9. The molecular weight excluding hydrogens is 474 g/mol. The van der Waals surface area contributed by atoms with Gasteiger partial charge in [0.1, 0.15) is 17.5 Å². The van der Waals surface area contributed by atoms with Gasteiger partial charge in [0, 0.05) is 38.0 Å². The first-order chi connectivity index (χ1) is 17.4. The van der Waals surface area contributed by atoms with Crippen molar-refractivity contribution in [3.8, 4) is 5.88 Å². The van der Waals surface area contributed by atoms with Crippen molar-refractivity contribution >= 4 is 29.5 Å². The van der Waals surface area contributed by atoms with Crippen LogP contribution in [0.25, 0.3) is 0 Å². The zero-order chi connectivity index (χ0) is 27.3. The van der Waals surface area contributed by atoms with Gasteiger partial charge in [-0.15, -0.1) is 0 Å². The van der Waals surface area contributed by atoms with Gasteiger partial charge >= 0.3 is 6.09 Å². The molecule has 1 aliphatic rings. The number of carbonyl (C=O) groups is 2. The van der Waals surface area contributed by atoms with Crippen LogP contribution in [0.4, 0.5) is 22.2 Å². The van der Waals surface area contributed by atoms with Crippen molar-refractivity contribution in [3.05, 3.63) is 30.1 Å². The van der Waals surface area contributed by atoms with Gasteiger partial charge in [-0.25, -0.2) is 14.8 Å². The van der Waals surface area contributed by atoms with Gasteiger partial charge in [-0.3, -0.25) is 9.69 Å². The van der Waals surface area contributed by atoms with Crippen molar-refractivity contribution in [2.45, 2.75) is 71.1 Å². The maximum atomic E-state index is 12.8. The highest BCUT2D eigenvalue weighted by atomic mass is 16.6. The molecule has 0 saturated heterocycles. The van der Waals surface area contributed by atoms with E-state index < -0.39 is 17.7 Å². The van der Waals surface area contributed by atoms with Crippen LogP contribution < -0.4 is 20.7 Å². The number of hydrogen-bond acceptors (Lipinski definition) is 9. The molecule has 0 aliphatic heterocycles. The molecule has 2 aromatic rings. The normalized spacial score (nSPS) is 18.6. The Hall–Kier alpha value is -3.63. The summed E-state index contributed by atoms with van der Waals surface area (Å²) in [5.41, 5.74) is 1.16. The Morgan fingerprint density at radius 1 is 1.14 bits per heavy atom. The Bertz CT molecular complexity index is 1080. The molecule has 0 spiro atoms. The number of nitrogens with zero attached hydrogens (tertiary/aromatic N) is 4. The van der Waals surface area contributed by atoms with E-state index in [-0.39, 0.29) is 17.9 Å². The van der Waals surface area contributed by atoms with Gasteiger partial charge in [-0.1, -0.05) is 6.92 Å².